The van der Waals surface area contributed by atoms with Crippen LogP contribution in [0.2, 0.25) is 0 Å². The van der Waals surface area contributed by atoms with Crippen molar-refractivity contribution in [2.45, 2.75) is 19.3 Å². The maximum atomic E-state index is 11.6. The Morgan fingerprint density at radius 1 is 1.28 bits per heavy atom. The highest BCUT2D eigenvalue weighted by Crippen LogP contribution is 2.22. The van der Waals surface area contributed by atoms with Gasteiger partial charge < -0.3 is 4.90 Å². The van der Waals surface area contributed by atoms with Crippen LogP contribution < -0.4 is 0 Å². The van der Waals surface area contributed by atoms with E-state index in [0.29, 0.717) is 7.18 Å². The molecule has 0 aromatic heterocycles. The molecule has 1 rings (SSSR count). The van der Waals surface area contributed by atoms with Crippen LogP contribution in [0.1, 0.15) is 24.8 Å². The molecule has 1 aromatic carbocycles. The number of halogens is 2. The molecule has 1 atom stereocenters. The van der Waals surface area contributed by atoms with Crippen LogP contribution in [0, 0.1) is 0 Å². The molecular formula is C14H21BrFNO. The van der Waals surface area contributed by atoms with E-state index in [1.165, 1.54) is 0 Å². The Morgan fingerprint density at radius 3 is 2.17 bits per heavy atom. The maximum absolute atomic E-state index is 11.6. The predicted octanol–water partition coefficient (Wildman–Crippen LogP) is 3.66. The highest BCUT2D eigenvalue weighted by molar-refractivity contribution is 9.10. The second-order valence-electron chi connectivity index (χ2n) is 4.31. The van der Waals surface area contributed by atoms with Crippen molar-refractivity contribution in [3.05, 3.63) is 34.3 Å². The maximum Gasteiger partial charge on any atom is 0.137 e. The average molecular weight is 318 g/mol. The Morgan fingerprint density at radius 2 is 1.78 bits per heavy atom. The third-order valence-electron chi connectivity index (χ3n) is 2.63. The van der Waals surface area contributed by atoms with E-state index in [2.05, 4.69) is 20.8 Å². The van der Waals surface area contributed by atoms with Crippen molar-refractivity contribution in [3.8, 4) is 0 Å². The van der Waals surface area contributed by atoms with E-state index in [9.17, 15) is 9.18 Å². The summed E-state index contributed by atoms with van der Waals surface area (Å²) in [5.74, 6) is 0.264. The van der Waals surface area contributed by atoms with Gasteiger partial charge in [0.1, 0.15) is 5.78 Å². The standard InChI is InChI=1S/C13H18BrNO.CH3F/c1-10(16)13(8-9-15(2)3)11-4-6-12(14)7-5-11;1-2/h4-7,13H,8-9H2,1-3H3;1H3. The van der Waals surface area contributed by atoms with Gasteiger partial charge in [-0.25, -0.2) is 0 Å². The lowest BCUT2D eigenvalue weighted by atomic mass is 9.92. The van der Waals surface area contributed by atoms with E-state index < -0.39 is 0 Å². The molecule has 0 aliphatic rings. The topological polar surface area (TPSA) is 20.3 Å². The molecule has 1 unspecified atom stereocenters. The molecule has 0 heterocycles. The van der Waals surface area contributed by atoms with Crippen molar-refractivity contribution in [2.24, 2.45) is 0 Å². The van der Waals surface area contributed by atoms with Crippen LogP contribution in [-0.2, 0) is 4.79 Å². The Labute approximate surface area is 117 Å². The molecule has 1 aromatic rings. The van der Waals surface area contributed by atoms with Crippen LogP contribution in [0.3, 0.4) is 0 Å². The first kappa shape index (κ1) is 17.3. The molecule has 0 aliphatic carbocycles. The summed E-state index contributed by atoms with van der Waals surface area (Å²) in [4.78, 5) is 13.7. The van der Waals surface area contributed by atoms with Crippen molar-refractivity contribution in [1.82, 2.24) is 4.90 Å². The zero-order valence-corrected chi connectivity index (χ0v) is 13.0. The summed E-state index contributed by atoms with van der Waals surface area (Å²) in [5.41, 5.74) is 1.11. The number of rotatable bonds is 5. The van der Waals surface area contributed by atoms with Crippen molar-refractivity contribution in [3.63, 3.8) is 0 Å². The van der Waals surface area contributed by atoms with Gasteiger partial charge in [-0.15, -0.1) is 0 Å². The van der Waals surface area contributed by atoms with Gasteiger partial charge in [-0.1, -0.05) is 28.1 Å². The molecule has 4 heteroatoms. The summed E-state index contributed by atoms with van der Waals surface area (Å²) in [6.45, 7) is 2.60. The smallest absolute Gasteiger partial charge is 0.137 e. The number of hydrogen-bond donors (Lipinski definition) is 0. The number of carbonyl (C=O) groups excluding carboxylic acids is 1. The van der Waals surface area contributed by atoms with Crippen molar-refractivity contribution >= 4 is 21.7 Å². The summed E-state index contributed by atoms with van der Waals surface area (Å²) in [5, 5.41) is 0. The van der Waals surface area contributed by atoms with Crippen LogP contribution in [0.15, 0.2) is 28.7 Å². The van der Waals surface area contributed by atoms with Gasteiger partial charge in [0.05, 0.1) is 7.18 Å². The minimum atomic E-state index is 0.0236. The number of benzene rings is 1. The van der Waals surface area contributed by atoms with Crippen molar-refractivity contribution in [2.75, 3.05) is 27.8 Å². The first-order chi connectivity index (χ1) is 8.50. The van der Waals surface area contributed by atoms with E-state index in [0.717, 1.165) is 23.0 Å². The number of Topliss-reactive ketones (excluding diaryl/α,β-unsaturated/α-hetero) is 1. The van der Waals surface area contributed by atoms with Gasteiger partial charge in [0.2, 0.25) is 0 Å². The summed E-state index contributed by atoms with van der Waals surface area (Å²) in [7, 11) is 4.55. The lowest BCUT2D eigenvalue weighted by Gasteiger charge is -2.17. The lowest BCUT2D eigenvalue weighted by molar-refractivity contribution is -0.118. The molecule has 18 heavy (non-hydrogen) atoms. The molecule has 0 saturated heterocycles. The van der Waals surface area contributed by atoms with Gasteiger partial charge in [0.25, 0.3) is 0 Å². The molecule has 0 bridgehead atoms. The second-order valence-corrected chi connectivity index (χ2v) is 5.22. The second kappa shape index (κ2) is 9.22. The predicted molar refractivity (Wildman–Crippen MR) is 77.8 cm³/mol. The summed E-state index contributed by atoms with van der Waals surface area (Å²) >= 11 is 3.40. The summed E-state index contributed by atoms with van der Waals surface area (Å²) in [6.07, 6.45) is 0.879. The Kier molecular flexibility index (Phi) is 8.85. The minimum absolute atomic E-state index is 0.0236. The largest absolute Gasteiger partial charge is 0.309 e. The SMILES string of the molecule is CC(=O)C(CCN(C)C)c1ccc(Br)cc1.CF. The van der Waals surface area contributed by atoms with Crippen LogP contribution in [-0.4, -0.2) is 38.5 Å². The van der Waals surface area contributed by atoms with Crippen molar-refractivity contribution < 1.29 is 9.18 Å². The third kappa shape index (κ3) is 6.26. The Bertz CT molecular complexity index is 351. The number of nitrogens with zero attached hydrogens (tertiary/aromatic N) is 1. The molecule has 2 nitrogen and oxygen atoms in total. The van der Waals surface area contributed by atoms with Gasteiger partial charge in [-0.05, 0) is 51.7 Å². The van der Waals surface area contributed by atoms with E-state index in [1.807, 2.05) is 38.4 Å². The van der Waals surface area contributed by atoms with E-state index in [4.69, 9.17) is 0 Å². The third-order valence-corrected chi connectivity index (χ3v) is 3.16. The fraction of sp³-hybridized carbons (Fsp3) is 0.500. The van der Waals surface area contributed by atoms with Gasteiger partial charge in [-0.2, -0.15) is 0 Å². The zero-order valence-electron chi connectivity index (χ0n) is 11.4. The number of carbonyl (C=O) groups is 1. The monoisotopic (exact) mass is 317 g/mol. The quantitative estimate of drug-likeness (QED) is 0.826. The van der Waals surface area contributed by atoms with Gasteiger partial charge >= 0.3 is 0 Å². The van der Waals surface area contributed by atoms with E-state index in [-0.39, 0.29) is 11.7 Å². The first-order valence-electron chi connectivity index (χ1n) is 5.79. The normalized spacial score (nSPS) is 11.7. The van der Waals surface area contributed by atoms with Crippen LogP contribution in [0.25, 0.3) is 0 Å². The molecular weight excluding hydrogens is 297 g/mol. The van der Waals surface area contributed by atoms with Crippen LogP contribution in [0.5, 0.6) is 0 Å². The van der Waals surface area contributed by atoms with Gasteiger partial charge in [0.15, 0.2) is 0 Å². The molecule has 0 aliphatic heterocycles. The number of hydrogen-bond acceptors (Lipinski definition) is 2. The highest BCUT2D eigenvalue weighted by Gasteiger charge is 2.16. The molecule has 0 radical (unpaired) electrons. The number of alkyl halides is 1. The van der Waals surface area contributed by atoms with Crippen LogP contribution in [0.4, 0.5) is 4.39 Å². The first-order valence-corrected chi connectivity index (χ1v) is 6.58. The van der Waals surface area contributed by atoms with Crippen molar-refractivity contribution in [1.29, 1.82) is 0 Å². The molecule has 0 amide bonds. The summed E-state index contributed by atoms with van der Waals surface area (Å²) in [6, 6.07) is 8.01. The molecule has 0 spiro atoms. The average Bonchev–Trinajstić information content (AvgIpc) is 2.33. The number of ketones is 1. The molecule has 0 fully saturated rings. The van der Waals surface area contributed by atoms with E-state index >= 15 is 0 Å². The van der Waals surface area contributed by atoms with Crippen LogP contribution >= 0.6 is 15.9 Å². The molecule has 102 valence electrons. The van der Waals surface area contributed by atoms with E-state index in [1.54, 1.807) is 6.92 Å². The Balaban J connectivity index is 0.00000137. The highest BCUT2D eigenvalue weighted by atomic mass is 79.9. The fourth-order valence-corrected chi connectivity index (χ4v) is 1.95. The fourth-order valence-electron chi connectivity index (χ4n) is 1.69. The van der Waals surface area contributed by atoms with Gasteiger partial charge in [0, 0.05) is 10.4 Å². The minimum Gasteiger partial charge on any atom is -0.309 e. The Hall–Kier alpha value is -0.740. The molecule has 0 saturated carbocycles. The summed E-state index contributed by atoms with van der Waals surface area (Å²) < 4.78 is 10.5. The zero-order chi connectivity index (χ0) is 14.1. The molecule has 0 N–H and O–H groups in total. The van der Waals surface area contributed by atoms with Gasteiger partial charge in [-0.3, -0.25) is 9.18 Å². The lowest BCUT2D eigenvalue weighted by Crippen LogP contribution is -2.19.